The first-order chi connectivity index (χ1) is 8.18. The minimum Gasteiger partial charge on any atom is -0.381 e. The average molecular weight is 279 g/mol. The predicted octanol–water partition coefficient (Wildman–Crippen LogP) is 1.72. The van der Waals surface area contributed by atoms with E-state index in [1.54, 1.807) is 0 Å². The van der Waals surface area contributed by atoms with Gasteiger partial charge in [-0.3, -0.25) is 4.79 Å². The van der Waals surface area contributed by atoms with Gasteiger partial charge < -0.3 is 15.8 Å². The lowest BCUT2D eigenvalue weighted by Crippen LogP contribution is -2.50. The van der Waals surface area contributed by atoms with Crippen LogP contribution in [0.3, 0.4) is 0 Å². The molecule has 5 heteroatoms. The van der Waals surface area contributed by atoms with Crippen LogP contribution in [0.25, 0.3) is 0 Å². The van der Waals surface area contributed by atoms with Crippen molar-refractivity contribution in [1.29, 1.82) is 0 Å². The first-order valence-electron chi connectivity index (χ1n) is 6.74. The maximum absolute atomic E-state index is 12.2. The van der Waals surface area contributed by atoms with Gasteiger partial charge in [0, 0.05) is 26.3 Å². The highest BCUT2D eigenvalue weighted by Crippen LogP contribution is 2.29. The van der Waals surface area contributed by atoms with Crippen LogP contribution in [-0.4, -0.2) is 32.2 Å². The fourth-order valence-electron chi connectivity index (χ4n) is 2.29. The molecule has 0 unspecified atom stereocenters. The molecule has 0 bridgehead atoms. The molecule has 18 heavy (non-hydrogen) atoms. The monoisotopic (exact) mass is 278 g/mol. The maximum atomic E-state index is 12.2. The lowest BCUT2D eigenvalue weighted by Gasteiger charge is -2.34. The number of halogens is 1. The summed E-state index contributed by atoms with van der Waals surface area (Å²) in [5, 5.41) is 3.07. The van der Waals surface area contributed by atoms with E-state index in [-0.39, 0.29) is 23.7 Å². The summed E-state index contributed by atoms with van der Waals surface area (Å²) < 4.78 is 5.31. The molecule has 0 spiro atoms. The number of carbonyl (C=O) groups is 1. The summed E-state index contributed by atoms with van der Waals surface area (Å²) in [4.78, 5) is 12.2. The molecule has 0 aliphatic carbocycles. The summed E-state index contributed by atoms with van der Waals surface area (Å²) in [5.74, 6) is 0.698. The highest BCUT2D eigenvalue weighted by molar-refractivity contribution is 5.85. The summed E-state index contributed by atoms with van der Waals surface area (Å²) >= 11 is 0. The molecule has 1 aliphatic heterocycles. The molecule has 4 nitrogen and oxygen atoms in total. The molecule has 0 radical (unpaired) electrons. The highest BCUT2D eigenvalue weighted by Gasteiger charge is 2.38. The third-order valence-corrected chi connectivity index (χ3v) is 4.03. The van der Waals surface area contributed by atoms with Crippen molar-refractivity contribution in [3.8, 4) is 0 Å². The van der Waals surface area contributed by atoms with Gasteiger partial charge in [0.25, 0.3) is 0 Å². The smallest absolute Gasteiger partial charge is 0.227 e. The lowest BCUT2D eigenvalue weighted by molar-refractivity contribution is -0.136. The Morgan fingerprint density at radius 1 is 1.33 bits per heavy atom. The van der Waals surface area contributed by atoms with Crippen LogP contribution < -0.4 is 11.1 Å². The van der Waals surface area contributed by atoms with Crippen LogP contribution in [0.5, 0.6) is 0 Å². The summed E-state index contributed by atoms with van der Waals surface area (Å²) in [6.07, 6.45) is 3.71. The minimum absolute atomic E-state index is 0. The molecule has 1 fully saturated rings. The van der Waals surface area contributed by atoms with Crippen LogP contribution >= 0.6 is 12.4 Å². The van der Waals surface area contributed by atoms with Crippen molar-refractivity contribution in [2.24, 2.45) is 17.1 Å². The largest absolute Gasteiger partial charge is 0.381 e. The van der Waals surface area contributed by atoms with Crippen LogP contribution in [0.2, 0.25) is 0 Å². The predicted molar refractivity (Wildman–Crippen MR) is 75.9 cm³/mol. The zero-order valence-electron chi connectivity index (χ0n) is 11.5. The number of nitrogens with two attached hydrogens (primary N) is 1. The number of carbonyl (C=O) groups excluding carboxylic acids is 1. The number of hydrogen-bond acceptors (Lipinski definition) is 3. The van der Waals surface area contributed by atoms with Gasteiger partial charge >= 0.3 is 0 Å². The zero-order chi connectivity index (χ0) is 12.7. The third kappa shape index (κ3) is 4.41. The minimum atomic E-state index is -0.385. The van der Waals surface area contributed by atoms with E-state index in [2.05, 4.69) is 19.2 Å². The van der Waals surface area contributed by atoms with Crippen LogP contribution in [0.4, 0.5) is 0 Å². The number of rotatable bonds is 6. The normalized spacial score (nSPS) is 18.2. The van der Waals surface area contributed by atoms with Crippen molar-refractivity contribution in [2.75, 3.05) is 26.3 Å². The molecule has 108 valence electrons. The Morgan fingerprint density at radius 2 is 1.89 bits per heavy atom. The molecule has 1 saturated heterocycles. The average Bonchev–Trinajstić information content (AvgIpc) is 2.40. The molecule has 0 aromatic rings. The van der Waals surface area contributed by atoms with Crippen LogP contribution in [0.1, 0.15) is 39.5 Å². The summed E-state index contributed by atoms with van der Waals surface area (Å²) in [6.45, 7) is 6.81. The van der Waals surface area contributed by atoms with Gasteiger partial charge in [-0.05, 0) is 18.8 Å². The van der Waals surface area contributed by atoms with Crippen molar-refractivity contribution in [3.05, 3.63) is 0 Å². The van der Waals surface area contributed by atoms with Crippen molar-refractivity contribution in [3.63, 3.8) is 0 Å². The Kier molecular flexibility index (Phi) is 8.57. The van der Waals surface area contributed by atoms with Gasteiger partial charge in [0.2, 0.25) is 5.91 Å². The van der Waals surface area contributed by atoms with Crippen LogP contribution in [0.15, 0.2) is 0 Å². The molecule has 1 heterocycles. The zero-order valence-corrected chi connectivity index (χ0v) is 12.4. The molecule has 1 aliphatic rings. The molecular formula is C13H27ClN2O2. The van der Waals surface area contributed by atoms with Gasteiger partial charge in [0.1, 0.15) is 0 Å². The van der Waals surface area contributed by atoms with Gasteiger partial charge in [0.05, 0.1) is 5.41 Å². The molecule has 1 amide bonds. The number of hydrogen-bond donors (Lipinski definition) is 2. The molecule has 0 aromatic carbocycles. The second-order valence-corrected chi connectivity index (χ2v) is 4.99. The molecule has 0 aromatic heterocycles. The first kappa shape index (κ1) is 17.7. The molecule has 0 saturated carbocycles. The Balaban J connectivity index is 0.00000289. The van der Waals surface area contributed by atoms with E-state index < -0.39 is 0 Å². The topological polar surface area (TPSA) is 64.4 Å². The quantitative estimate of drug-likeness (QED) is 0.778. The Bertz CT molecular complexity index is 239. The van der Waals surface area contributed by atoms with Crippen molar-refractivity contribution in [2.45, 2.75) is 39.5 Å². The summed E-state index contributed by atoms with van der Waals surface area (Å²) in [7, 11) is 0. The standard InChI is InChI=1S/C13H26N2O2.ClH/c1-3-11(4-2)9-15-12(16)13(10-14)5-7-17-8-6-13;/h11H,3-10,14H2,1-2H3,(H,15,16);1H. The van der Waals surface area contributed by atoms with E-state index >= 15 is 0 Å². The number of amides is 1. The Morgan fingerprint density at radius 3 is 2.33 bits per heavy atom. The summed E-state index contributed by atoms with van der Waals surface area (Å²) in [5.41, 5.74) is 5.41. The highest BCUT2D eigenvalue weighted by atomic mass is 35.5. The van der Waals surface area contributed by atoms with E-state index in [0.29, 0.717) is 25.7 Å². The molecule has 1 rings (SSSR count). The van der Waals surface area contributed by atoms with E-state index in [1.807, 2.05) is 0 Å². The second-order valence-electron chi connectivity index (χ2n) is 4.99. The van der Waals surface area contributed by atoms with Gasteiger partial charge in [0.15, 0.2) is 0 Å². The molecular weight excluding hydrogens is 252 g/mol. The number of ether oxygens (including phenoxy) is 1. The lowest BCUT2D eigenvalue weighted by atomic mass is 9.79. The van der Waals surface area contributed by atoms with Gasteiger partial charge in [-0.15, -0.1) is 12.4 Å². The van der Waals surface area contributed by atoms with E-state index in [4.69, 9.17) is 10.5 Å². The van der Waals surface area contributed by atoms with Crippen LogP contribution in [0, 0.1) is 11.3 Å². The molecule has 3 N–H and O–H groups in total. The Hall–Kier alpha value is -0.320. The number of nitrogens with one attached hydrogen (secondary N) is 1. The van der Waals surface area contributed by atoms with Crippen molar-refractivity contribution < 1.29 is 9.53 Å². The maximum Gasteiger partial charge on any atom is 0.227 e. The van der Waals surface area contributed by atoms with Crippen LogP contribution in [-0.2, 0) is 9.53 Å². The fraction of sp³-hybridized carbons (Fsp3) is 0.923. The second kappa shape index (κ2) is 8.73. The SMILES string of the molecule is CCC(CC)CNC(=O)C1(CN)CCOCC1.Cl. The third-order valence-electron chi connectivity index (χ3n) is 4.03. The van der Waals surface area contributed by atoms with Gasteiger partial charge in [-0.2, -0.15) is 0 Å². The van der Waals surface area contributed by atoms with E-state index in [9.17, 15) is 4.79 Å². The first-order valence-corrected chi connectivity index (χ1v) is 6.74. The van der Waals surface area contributed by atoms with E-state index in [0.717, 1.165) is 32.2 Å². The fourth-order valence-corrected chi connectivity index (χ4v) is 2.29. The van der Waals surface area contributed by atoms with Crippen molar-refractivity contribution >= 4 is 18.3 Å². The van der Waals surface area contributed by atoms with E-state index in [1.165, 1.54) is 0 Å². The van der Waals surface area contributed by atoms with Crippen molar-refractivity contribution in [1.82, 2.24) is 5.32 Å². The van der Waals surface area contributed by atoms with Gasteiger partial charge in [-0.1, -0.05) is 26.7 Å². The molecule has 0 atom stereocenters. The van der Waals surface area contributed by atoms with Gasteiger partial charge in [-0.25, -0.2) is 0 Å². The summed E-state index contributed by atoms with van der Waals surface area (Å²) in [6, 6.07) is 0. The Labute approximate surface area is 116 Å².